The van der Waals surface area contributed by atoms with Gasteiger partial charge in [0, 0.05) is 11.0 Å². The molecule has 0 fully saturated rings. The zero-order valence-corrected chi connectivity index (χ0v) is 12.1. The van der Waals surface area contributed by atoms with E-state index < -0.39 is 12.1 Å². The van der Waals surface area contributed by atoms with Gasteiger partial charge in [-0.15, -0.1) is 0 Å². The van der Waals surface area contributed by atoms with Crippen molar-refractivity contribution in [1.29, 1.82) is 0 Å². The van der Waals surface area contributed by atoms with Gasteiger partial charge < -0.3 is 10.2 Å². The number of carboxylic acids is 1. The van der Waals surface area contributed by atoms with Crippen LogP contribution >= 0.6 is 0 Å². The highest BCUT2D eigenvalue weighted by molar-refractivity contribution is 6.03. The van der Waals surface area contributed by atoms with Gasteiger partial charge >= 0.3 is 5.97 Å². The maximum Gasteiger partial charge on any atom is 0.355 e. The molecule has 1 heterocycles. The molecular weight excluding hydrogens is 290 g/mol. The Hall–Kier alpha value is -2.98. The van der Waals surface area contributed by atoms with Crippen LogP contribution < -0.4 is 0 Å². The highest BCUT2D eigenvalue weighted by Gasteiger charge is 2.24. The van der Waals surface area contributed by atoms with Crippen molar-refractivity contribution in [2.75, 3.05) is 0 Å². The fourth-order valence-electron chi connectivity index (χ4n) is 3.06. The number of nitrogens with zero attached hydrogens (tertiary/aromatic N) is 1. The zero-order valence-electron chi connectivity index (χ0n) is 12.1. The van der Waals surface area contributed by atoms with Crippen LogP contribution in [0.1, 0.15) is 33.4 Å². The second-order valence-electron chi connectivity index (χ2n) is 5.49. The predicted octanol–water partition coefficient (Wildman–Crippen LogP) is 3.41. The molecule has 0 bridgehead atoms. The average molecular weight is 303 g/mol. The van der Waals surface area contributed by atoms with E-state index in [9.17, 15) is 15.0 Å². The van der Waals surface area contributed by atoms with Crippen molar-refractivity contribution in [2.24, 2.45) is 0 Å². The number of fused-ring (bicyclic) bond motifs is 2. The maximum atomic E-state index is 11.6. The van der Waals surface area contributed by atoms with Crippen LogP contribution in [-0.2, 0) is 0 Å². The van der Waals surface area contributed by atoms with Crippen molar-refractivity contribution < 1.29 is 15.0 Å². The van der Waals surface area contributed by atoms with E-state index in [2.05, 4.69) is 4.98 Å². The number of hydrogen-bond donors (Lipinski definition) is 2. The first-order valence-electron chi connectivity index (χ1n) is 7.28. The minimum absolute atomic E-state index is 0.0258. The summed E-state index contributed by atoms with van der Waals surface area (Å²) in [4.78, 5) is 15.9. The number of carboxylic acid groups (broad SMARTS) is 1. The van der Waals surface area contributed by atoms with Crippen LogP contribution in [0.5, 0.6) is 0 Å². The standard InChI is InChI=1S/C19H13NO3/c21-17-10-15(13-7-3-4-8-14(13)17)16-9-11-5-1-2-6-12(11)18(20-16)19(22)23/h1-10,17,21H,(H,22,23). The lowest BCUT2D eigenvalue weighted by atomic mass is 10.0. The van der Waals surface area contributed by atoms with E-state index >= 15 is 0 Å². The molecular formula is C19H13NO3. The maximum absolute atomic E-state index is 11.6. The number of aliphatic hydroxyl groups is 1. The van der Waals surface area contributed by atoms with Gasteiger partial charge in [0.25, 0.3) is 0 Å². The number of carbonyl (C=O) groups is 1. The predicted molar refractivity (Wildman–Crippen MR) is 87.2 cm³/mol. The molecule has 4 nitrogen and oxygen atoms in total. The lowest BCUT2D eigenvalue weighted by molar-refractivity contribution is 0.0693. The number of hydrogen-bond acceptors (Lipinski definition) is 3. The fraction of sp³-hybridized carbons (Fsp3) is 0.0526. The molecule has 112 valence electrons. The van der Waals surface area contributed by atoms with Crippen molar-refractivity contribution in [3.8, 4) is 0 Å². The van der Waals surface area contributed by atoms with Crippen molar-refractivity contribution in [2.45, 2.75) is 6.10 Å². The first kappa shape index (κ1) is 13.7. The monoisotopic (exact) mass is 303 g/mol. The molecule has 1 aliphatic carbocycles. The van der Waals surface area contributed by atoms with Crippen LogP contribution in [0.4, 0.5) is 0 Å². The van der Waals surface area contributed by atoms with Crippen molar-refractivity contribution >= 4 is 22.3 Å². The van der Waals surface area contributed by atoms with Gasteiger partial charge in [-0.2, -0.15) is 0 Å². The molecule has 0 spiro atoms. The number of pyridine rings is 1. The molecule has 1 aliphatic rings. The minimum Gasteiger partial charge on any atom is -0.476 e. The van der Waals surface area contributed by atoms with Crippen LogP contribution in [0.3, 0.4) is 0 Å². The van der Waals surface area contributed by atoms with E-state index in [0.717, 1.165) is 22.1 Å². The Bertz CT molecular complexity index is 975. The largest absolute Gasteiger partial charge is 0.476 e. The molecule has 0 saturated carbocycles. The third kappa shape index (κ3) is 2.12. The molecule has 2 aromatic carbocycles. The Labute approximate surface area is 132 Å². The van der Waals surface area contributed by atoms with E-state index in [1.165, 1.54) is 0 Å². The second-order valence-corrected chi connectivity index (χ2v) is 5.49. The Kier molecular flexibility index (Phi) is 2.99. The number of aromatic nitrogens is 1. The van der Waals surface area contributed by atoms with E-state index in [-0.39, 0.29) is 5.69 Å². The topological polar surface area (TPSA) is 70.4 Å². The lowest BCUT2D eigenvalue weighted by Crippen LogP contribution is -2.04. The highest BCUT2D eigenvalue weighted by Crippen LogP contribution is 2.38. The Morgan fingerprint density at radius 1 is 1.04 bits per heavy atom. The van der Waals surface area contributed by atoms with E-state index in [1.807, 2.05) is 42.5 Å². The number of rotatable bonds is 2. The lowest BCUT2D eigenvalue weighted by Gasteiger charge is -2.09. The summed E-state index contributed by atoms with van der Waals surface area (Å²) in [6, 6.07) is 16.7. The van der Waals surface area contributed by atoms with Gasteiger partial charge in [-0.25, -0.2) is 9.78 Å². The quantitative estimate of drug-likeness (QED) is 0.761. The van der Waals surface area contributed by atoms with Gasteiger partial charge in [-0.3, -0.25) is 0 Å². The summed E-state index contributed by atoms with van der Waals surface area (Å²) in [5, 5.41) is 21.1. The Morgan fingerprint density at radius 3 is 2.61 bits per heavy atom. The Balaban J connectivity index is 1.98. The summed E-state index contributed by atoms with van der Waals surface area (Å²) in [6.07, 6.45) is 1.02. The molecule has 0 aliphatic heterocycles. The minimum atomic E-state index is -1.06. The van der Waals surface area contributed by atoms with Gasteiger partial charge in [0.1, 0.15) is 0 Å². The van der Waals surface area contributed by atoms with Crippen LogP contribution in [0, 0.1) is 0 Å². The summed E-state index contributed by atoms with van der Waals surface area (Å²) >= 11 is 0. The van der Waals surface area contributed by atoms with Crippen molar-refractivity contribution in [3.63, 3.8) is 0 Å². The molecule has 1 aromatic heterocycles. The smallest absolute Gasteiger partial charge is 0.355 e. The summed E-state index contributed by atoms with van der Waals surface area (Å²) in [6.45, 7) is 0. The normalized spacial score (nSPS) is 16.2. The highest BCUT2D eigenvalue weighted by atomic mass is 16.4. The van der Waals surface area contributed by atoms with Gasteiger partial charge in [0.15, 0.2) is 5.69 Å². The SMILES string of the molecule is O=C(O)c1nc(C2=CC(O)c3ccccc32)cc2ccccc12. The third-order valence-corrected chi connectivity index (χ3v) is 4.11. The first-order valence-corrected chi connectivity index (χ1v) is 7.28. The van der Waals surface area contributed by atoms with Crippen molar-refractivity contribution in [1.82, 2.24) is 4.98 Å². The van der Waals surface area contributed by atoms with Crippen LogP contribution in [0.25, 0.3) is 16.3 Å². The Morgan fingerprint density at radius 2 is 1.78 bits per heavy atom. The molecule has 23 heavy (non-hydrogen) atoms. The number of benzene rings is 2. The average Bonchev–Trinajstić information content (AvgIpc) is 2.91. The molecule has 4 rings (SSSR count). The van der Waals surface area contributed by atoms with E-state index in [0.29, 0.717) is 11.1 Å². The summed E-state index contributed by atoms with van der Waals surface area (Å²) in [5.41, 5.74) is 3.05. The number of aromatic carboxylic acids is 1. The third-order valence-electron chi connectivity index (χ3n) is 4.11. The van der Waals surface area contributed by atoms with E-state index in [1.54, 1.807) is 18.2 Å². The first-order chi connectivity index (χ1) is 11.1. The molecule has 0 radical (unpaired) electrons. The van der Waals surface area contributed by atoms with Crippen molar-refractivity contribution in [3.05, 3.63) is 83.2 Å². The summed E-state index contributed by atoms with van der Waals surface area (Å²) in [7, 11) is 0. The fourth-order valence-corrected chi connectivity index (χ4v) is 3.06. The van der Waals surface area contributed by atoms with Gasteiger partial charge in [-0.05, 0) is 28.7 Å². The summed E-state index contributed by atoms with van der Waals surface area (Å²) in [5.74, 6) is -1.06. The molecule has 0 saturated heterocycles. The number of aliphatic hydroxyl groups excluding tert-OH is 1. The van der Waals surface area contributed by atoms with Crippen LogP contribution in [-0.4, -0.2) is 21.2 Å². The molecule has 4 heteroatoms. The van der Waals surface area contributed by atoms with Crippen LogP contribution in [0.2, 0.25) is 0 Å². The van der Waals surface area contributed by atoms with Gasteiger partial charge in [0.05, 0.1) is 11.8 Å². The molecule has 1 atom stereocenters. The molecule has 3 aromatic rings. The molecule has 2 N–H and O–H groups in total. The van der Waals surface area contributed by atoms with E-state index in [4.69, 9.17) is 0 Å². The second kappa shape index (κ2) is 5.04. The summed E-state index contributed by atoms with van der Waals surface area (Å²) < 4.78 is 0. The van der Waals surface area contributed by atoms with Crippen LogP contribution in [0.15, 0.2) is 60.7 Å². The molecule has 1 unspecified atom stereocenters. The molecule has 0 amide bonds. The van der Waals surface area contributed by atoms with Gasteiger partial charge in [-0.1, -0.05) is 48.5 Å². The van der Waals surface area contributed by atoms with Gasteiger partial charge in [0.2, 0.25) is 0 Å². The zero-order chi connectivity index (χ0) is 16.0.